The lowest BCUT2D eigenvalue weighted by Crippen LogP contribution is -2.24. The van der Waals surface area contributed by atoms with E-state index in [-0.39, 0.29) is 17.0 Å². The van der Waals surface area contributed by atoms with E-state index in [0.29, 0.717) is 18.8 Å². The Balaban J connectivity index is 2.09. The zero-order chi connectivity index (χ0) is 18.4. The van der Waals surface area contributed by atoms with Crippen molar-refractivity contribution >= 4 is 15.9 Å². The van der Waals surface area contributed by atoms with E-state index in [1.807, 2.05) is 31.2 Å². The molecule has 1 amide bonds. The van der Waals surface area contributed by atoms with Crippen LogP contribution in [0.3, 0.4) is 0 Å². The molecule has 0 radical (unpaired) electrons. The molecule has 0 aromatic heterocycles. The van der Waals surface area contributed by atoms with E-state index in [1.165, 1.54) is 12.1 Å². The largest absolute Gasteiger partial charge is 0.377 e. The molecule has 0 bridgehead atoms. The van der Waals surface area contributed by atoms with Gasteiger partial charge in [0.05, 0.1) is 11.5 Å². The van der Waals surface area contributed by atoms with Crippen molar-refractivity contribution in [3.63, 3.8) is 0 Å². The van der Waals surface area contributed by atoms with Crippen LogP contribution in [0.4, 0.5) is 0 Å². The number of ether oxygens (including phenoxy) is 1. The lowest BCUT2D eigenvalue weighted by atomic mass is 10.1. The van der Waals surface area contributed by atoms with Gasteiger partial charge < -0.3 is 10.5 Å². The van der Waals surface area contributed by atoms with Crippen LogP contribution >= 0.6 is 0 Å². The Bertz CT molecular complexity index is 846. The quantitative estimate of drug-likeness (QED) is 0.751. The normalized spacial score (nSPS) is 11.4. The molecular weight excluding hydrogens is 340 g/mol. The molecular formula is C18H22N2O4S. The van der Waals surface area contributed by atoms with Gasteiger partial charge in [-0.1, -0.05) is 30.3 Å². The molecule has 2 aromatic carbocycles. The van der Waals surface area contributed by atoms with Crippen molar-refractivity contribution in [2.24, 2.45) is 5.73 Å². The molecule has 25 heavy (non-hydrogen) atoms. The maximum absolute atomic E-state index is 12.4. The summed E-state index contributed by atoms with van der Waals surface area (Å²) in [6, 6.07) is 11.8. The van der Waals surface area contributed by atoms with Crippen molar-refractivity contribution in [3.05, 3.63) is 64.7 Å². The van der Waals surface area contributed by atoms with Gasteiger partial charge in [-0.15, -0.1) is 0 Å². The number of hydrogen-bond donors (Lipinski definition) is 2. The Hall–Kier alpha value is -2.22. The Morgan fingerprint density at radius 2 is 1.76 bits per heavy atom. The number of amides is 1. The van der Waals surface area contributed by atoms with Crippen molar-refractivity contribution in [1.82, 2.24) is 4.72 Å². The first-order valence-corrected chi connectivity index (χ1v) is 9.37. The van der Waals surface area contributed by atoms with Gasteiger partial charge in [0.25, 0.3) is 0 Å². The fourth-order valence-corrected chi connectivity index (χ4v) is 3.31. The minimum atomic E-state index is -3.74. The lowest BCUT2D eigenvalue weighted by Gasteiger charge is -2.10. The van der Waals surface area contributed by atoms with Crippen molar-refractivity contribution < 1.29 is 17.9 Å². The van der Waals surface area contributed by atoms with Gasteiger partial charge >= 0.3 is 0 Å². The molecule has 134 valence electrons. The van der Waals surface area contributed by atoms with E-state index in [4.69, 9.17) is 10.5 Å². The van der Waals surface area contributed by atoms with Crippen LogP contribution in [-0.4, -0.2) is 20.9 Å². The Morgan fingerprint density at radius 1 is 1.12 bits per heavy atom. The number of sulfonamides is 1. The minimum Gasteiger partial charge on any atom is -0.377 e. The number of nitrogens with two attached hydrogens (primary N) is 1. The van der Waals surface area contributed by atoms with Crippen LogP contribution in [0.1, 0.15) is 34.0 Å². The summed E-state index contributed by atoms with van der Waals surface area (Å²) in [5.74, 6) is -0.653. The summed E-state index contributed by atoms with van der Waals surface area (Å²) in [4.78, 5) is 11.4. The zero-order valence-electron chi connectivity index (χ0n) is 14.3. The highest BCUT2D eigenvalue weighted by molar-refractivity contribution is 7.89. The van der Waals surface area contributed by atoms with Gasteiger partial charge in [-0.05, 0) is 42.7 Å². The highest BCUT2D eigenvalue weighted by Crippen LogP contribution is 2.16. The van der Waals surface area contributed by atoms with E-state index < -0.39 is 15.9 Å². The van der Waals surface area contributed by atoms with Crippen molar-refractivity contribution in [2.45, 2.75) is 31.9 Å². The molecule has 0 heterocycles. The number of nitrogens with one attached hydrogen (secondary N) is 1. The van der Waals surface area contributed by atoms with Gasteiger partial charge in [0.15, 0.2) is 0 Å². The molecule has 2 aromatic rings. The summed E-state index contributed by atoms with van der Waals surface area (Å²) >= 11 is 0. The summed E-state index contributed by atoms with van der Waals surface area (Å²) in [5, 5.41) is 0. The number of rotatable bonds is 8. The molecule has 6 nitrogen and oxygen atoms in total. The average molecular weight is 362 g/mol. The number of benzene rings is 2. The van der Waals surface area contributed by atoms with Crippen LogP contribution in [0.2, 0.25) is 0 Å². The molecule has 0 saturated carbocycles. The summed E-state index contributed by atoms with van der Waals surface area (Å²) < 4.78 is 32.7. The molecule has 0 aliphatic carbocycles. The number of hydrogen-bond acceptors (Lipinski definition) is 4. The van der Waals surface area contributed by atoms with E-state index in [1.54, 1.807) is 13.0 Å². The van der Waals surface area contributed by atoms with Crippen molar-refractivity contribution in [3.8, 4) is 0 Å². The van der Waals surface area contributed by atoms with Crippen molar-refractivity contribution in [2.75, 3.05) is 6.61 Å². The summed E-state index contributed by atoms with van der Waals surface area (Å²) in [6.07, 6.45) is 0. The molecule has 0 fully saturated rings. The Kier molecular flexibility index (Phi) is 6.30. The smallest absolute Gasteiger partial charge is 0.249 e. The standard InChI is InChI=1S/C18H22N2O4S/c1-3-24-12-15-7-5-14(6-8-15)11-20-25(22,23)16-9-4-13(2)17(10-16)18(19)21/h4-10,20H,3,11-12H2,1-2H3,(H2,19,21). The fraction of sp³-hybridized carbons (Fsp3) is 0.278. The lowest BCUT2D eigenvalue weighted by molar-refractivity contribution is 0.0999. The molecule has 0 atom stereocenters. The summed E-state index contributed by atoms with van der Waals surface area (Å²) in [7, 11) is -3.74. The first-order chi connectivity index (χ1) is 11.8. The third-order valence-electron chi connectivity index (χ3n) is 3.75. The van der Waals surface area contributed by atoms with Gasteiger partial charge in [0.1, 0.15) is 0 Å². The van der Waals surface area contributed by atoms with E-state index in [0.717, 1.165) is 11.1 Å². The van der Waals surface area contributed by atoms with Crippen LogP contribution in [-0.2, 0) is 27.9 Å². The first kappa shape index (κ1) is 19.1. The molecule has 7 heteroatoms. The monoisotopic (exact) mass is 362 g/mol. The predicted molar refractivity (Wildman–Crippen MR) is 95.5 cm³/mol. The second kappa shape index (κ2) is 8.24. The molecule has 3 N–H and O–H groups in total. The number of carbonyl (C=O) groups is 1. The van der Waals surface area contributed by atoms with Crippen LogP contribution in [0.15, 0.2) is 47.4 Å². The maximum atomic E-state index is 12.4. The first-order valence-electron chi connectivity index (χ1n) is 7.89. The highest BCUT2D eigenvalue weighted by atomic mass is 32.2. The molecule has 0 aliphatic rings. The van der Waals surface area contributed by atoms with Crippen LogP contribution in [0, 0.1) is 6.92 Å². The topological polar surface area (TPSA) is 98.5 Å². The van der Waals surface area contributed by atoms with Crippen LogP contribution in [0.5, 0.6) is 0 Å². The van der Waals surface area contributed by atoms with E-state index >= 15 is 0 Å². The molecule has 2 rings (SSSR count). The second-order valence-electron chi connectivity index (χ2n) is 5.62. The van der Waals surface area contributed by atoms with Crippen LogP contribution in [0.25, 0.3) is 0 Å². The fourth-order valence-electron chi connectivity index (χ4n) is 2.27. The molecule has 0 aliphatic heterocycles. The second-order valence-corrected chi connectivity index (χ2v) is 7.39. The zero-order valence-corrected chi connectivity index (χ0v) is 15.1. The number of carbonyl (C=O) groups excluding carboxylic acids is 1. The SMILES string of the molecule is CCOCc1ccc(CNS(=O)(=O)c2ccc(C)c(C(N)=O)c2)cc1. The van der Waals surface area contributed by atoms with Gasteiger partial charge in [-0.25, -0.2) is 13.1 Å². The third-order valence-corrected chi connectivity index (χ3v) is 5.15. The Morgan fingerprint density at radius 3 is 2.36 bits per heavy atom. The maximum Gasteiger partial charge on any atom is 0.249 e. The average Bonchev–Trinajstić information content (AvgIpc) is 2.59. The van der Waals surface area contributed by atoms with Gasteiger partial charge in [-0.2, -0.15) is 0 Å². The van der Waals surface area contributed by atoms with E-state index in [2.05, 4.69) is 4.72 Å². The predicted octanol–water partition coefficient (Wildman–Crippen LogP) is 2.11. The third kappa shape index (κ3) is 5.12. The molecule has 0 saturated heterocycles. The summed E-state index contributed by atoms with van der Waals surface area (Å²) in [5.41, 5.74) is 7.96. The van der Waals surface area contributed by atoms with Gasteiger partial charge in [0.2, 0.25) is 15.9 Å². The van der Waals surface area contributed by atoms with Gasteiger partial charge in [-0.3, -0.25) is 4.79 Å². The number of primary amides is 1. The van der Waals surface area contributed by atoms with E-state index in [9.17, 15) is 13.2 Å². The molecule has 0 spiro atoms. The summed E-state index contributed by atoms with van der Waals surface area (Å²) in [6.45, 7) is 4.95. The molecule has 0 unspecified atom stereocenters. The van der Waals surface area contributed by atoms with Crippen molar-refractivity contribution in [1.29, 1.82) is 0 Å². The highest BCUT2D eigenvalue weighted by Gasteiger charge is 2.16. The number of aryl methyl sites for hydroxylation is 1. The Labute approximate surface area is 148 Å². The van der Waals surface area contributed by atoms with Gasteiger partial charge in [0, 0.05) is 18.7 Å². The van der Waals surface area contributed by atoms with Crippen LogP contribution < -0.4 is 10.5 Å². The minimum absolute atomic E-state index is 0.0138.